The molecule has 0 aromatic carbocycles. The molecule has 1 spiro atoms. The van der Waals surface area contributed by atoms with Gasteiger partial charge >= 0.3 is 0 Å². The first-order chi connectivity index (χ1) is 6.62. The summed E-state index contributed by atoms with van der Waals surface area (Å²) in [5.41, 5.74) is -0.623. The summed E-state index contributed by atoms with van der Waals surface area (Å²) >= 11 is 0. The van der Waals surface area contributed by atoms with E-state index in [0.717, 1.165) is 32.1 Å². The van der Waals surface area contributed by atoms with E-state index in [1.54, 1.807) is 0 Å². The van der Waals surface area contributed by atoms with Crippen LogP contribution in [0.15, 0.2) is 12.2 Å². The Labute approximate surface area is 85.6 Å². The number of hydrogen-bond donors (Lipinski definition) is 2. The Balaban J connectivity index is 2.32. The molecule has 0 aromatic heterocycles. The molecular formula is C12H20O2. The van der Waals surface area contributed by atoms with Crippen molar-refractivity contribution < 1.29 is 10.2 Å². The van der Waals surface area contributed by atoms with Crippen molar-refractivity contribution in [3.8, 4) is 0 Å². The van der Waals surface area contributed by atoms with Crippen LogP contribution in [0.1, 0.15) is 39.0 Å². The number of rotatable bonds is 1. The number of aliphatic hydroxyl groups excluding tert-OH is 1. The molecule has 0 heterocycles. The van der Waals surface area contributed by atoms with Gasteiger partial charge in [0.2, 0.25) is 0 Å². The third-order valence-electron chi connectivity index (χ3n) is 4.43. The van der Waals surface area contributed by atoms with Crippen LogP contribution in [-0.2, 0) is 0 Å². The van der Waals surface area contributed by atoms with E-state index in [-0.39, 0.29) is 17.9 Å². The molecule has 14 heavy (non-hydrogen) atoms. The summed E-state index contributed by atoms with van der Waals surface area (Å²) in [4.78, 5) is 0. The van der Waals surface area contributed by atoms with Gasteiger partial charge in [-0.15, -0.1) is 0 Å². The van der Waals surface area contributed by atoms with E-state index >= 15 is 0 Å². The van der Waals surface area contributed by atoms with Gasteiger partial charge in [-0.25, -0.2) is 0 Å². The van der Waals surface area contributed by atoms with Crippen molar-refractivity contribution in [2.75, 3.05) is 6.61 Å². The highest BCUT2D eigenvalue weighted by atomic mass is 16.3. The van der Waals surface area contributed by atoms with Gasteiger partial charge in [0.1, 0.15) is 0 Å². The van der Waals surface area contributed by atoms with Crippen LogP contribution < -0.4 is 0 Å². The SMILES string of the molecule is C[C@]1(O)CCC[C@@]12CC=CC[C@@H]2CO. The van der Waals surface area contributed by atoms with Gasteiger partial charge in [-0.3, -0.25) is 0 Å². The minimum absolute atomic E-state index is 0.0451. The second-order valence-electron chi connectivity index (χ2n) is 5.07. The predicted octanol–water partition coefficient (Wildman–Crippen LogP) is 1.87. The summed E-state index contributed by atoms with van der Waals surface area (Å²) < 4.78 is 0. The first kappa shape index (κ1) is 10.2. The number of hydrogen-bond acceptors (Lipinski definition) is 2. The van der Waals surface area contributed by atoms with E-state index in [1.165, 1.54) is 0 Å². The topological polar surface area (TPSA) is 40.5 Å². The van der Waals surface area contributed by atoms with Crippen LogP contribution in [0.2, 0.25) is 0 Å². The van der Waals surface area contributed by atoms with Gasteiger partial charge in [-0.1, -0.05) is 12.2 Å². The zero-order chi connectivity index (χ0) is 10.2. The highest BCUT2D eigenvalue weighted by Crippen LogP contribution is 2.56. The normalized spacial score (nSPS) is 47.5. The van der Waals surface area contributed by atoms with Crippen LogP contribution >= 0.6 is 0 Å². The van der Waals surface area contributed by atoms with E-state index in [0.29, 0.717) is 0 Å². The summed E-state index contributed by atoms with van der Waals surface area (Å²) in [5.74, 6) is 0.255. The van der Waals surface area contributed by atoms with Gasteiger partial charge in [0.05, 0.1) is 5.60 Å². The molecule has 2 aliphatic rings. The van der Waals surface area contributed by atoms with Crippen molar-refractivity contribution in [3.05, 3.63) is 12.2 Å². The molecule has 0 amide bonds. The third kappa shape index (κ3) is 1.24. The van der Waals surface area contributed by atoms with Crippen LogP contribution in [0.3, 0.4) is 0 Å². The van der Waals surface area contributed by atoms with Gasteiger partial charge in [-0.2, -0.15) is 0 Å². The molecule has 0 unspecified atom stereocenters. The first-order valence-corrected chi connectivity index (χ1v) is 5.61. The quantitative estimate of drug-likeness (QED) is 0.628. The van der Waals surface area contributed by atoms with Gasteiger partial charge < -0.3 is 10.2 Å². The van der Waals surface area contributed by atoms with E-state index in [4.69, 9.17) is 0 Å². The smallest absolute Gasteiger partial charge is 0.0682 e. The molecule has 1 fully saturated rings. The van der Waals surface area contributed by atoms with Gasteiger partial charge in [0, 0.05) is 12.0 Å². The second kappa shape index (κ2) is 3.35. The van der Waals surface area contributed by atoms with Crippen LogP contribution in [0.5, 0.6) is 0 Å². The number of allylic oxidation sites excluding steroid dienone is 2. The monoisotopic (exact) mass is 196 g/mol. The van der Waals surface area contributed by atoms with E-state index in [1.807, 2.05) is 6.92 Å². The molecule has 0 aliphatic heterocycles. The van der Waals surface area contributed by atoms with E-state index < -0.39 is 5.60 Å². The maximum Gasteiger partial charge on any atom is 0.0682 e. The Morgan fingerprint density at radius 2 is 2.14 bits per heavy atom. The maximum atomic E-state index is 10.4. The summed E-state index contributed by atoms with van der Waals surface area (Å²) in [6.45, 7) is 2.16. The Morgan fingerprint density at radius 3 is 2.71 bits per heavy atom. The van der Waals surface area contributed by atoms with E-state index in [2.05, 4.69) is 12.2 Å². The average Bonchev–Trinajstić information content (AvgIpc) is 2.44. The molecule has 2 aliphatic carbocycles. The Hall–Kier alpha value is -0.340. The van der Waals surface area contributed by atoms with Crippen molar-refractivity contribution in [3.63, 3.8) is 0 Å². The highest BCUT2D eigenvalue weighted by Gasteiger charge is 2.54. The van der Waals surface area contributed by atoms with E-state index in [9.17, 15) is 10.2 Å². The lowest BCUT2D eigenvalue weighted by Gasteiger charge is -2.46. The molecule has 2 heteroatoms. The molecule has 0 aromatic rings. The van der Waals surface area contributed by atoms with Crippen LogP contribution in [0.4, 0.5) is 0 Å². The number of aliphatic hydroxyl groups is 2. The summed E-state index contributed by atoms with van der Waals surface area (Å²) in [6.07, 6.45) is 9.22. The van der Waals surface area contributed by atoms with Crippen molar-refractivity contribution in [2.24, 2.45) is 11.3 Å². The Morgan fingerprint density at radius 1 is 1.36 bits per heavy atom. The Bertz CT molecular complexity index is 245. The lowest BCUT2D eigenvalue weighted by Crippen LogP contribution is -2.48. The Kier molecular flexibility index (Phi) is 2.44. The van der Waals surface area contributed by atoms with Gasteiger partial charge in [0.15, 0.2) is 0 Å². The lowest BCUT2D eigenvalue weighted by molar-refractivity contribution is -0.0922. The standard InChI is InChI=1S/C12H20O2/c1-11(14)6-4-8-12(11)7-3-2-5-10(12)9-13/h2-3,10,13-14H,4-9H2,1H3/t10-,11+,12-/m1/s1. The largest absolute Gasteiger partial charge is 0.396 e. The van der Waals surface area contributed by atoms with Crippen molar-refractivity contribution in [1.29, 1.82) is 0 Å². The van der Waals surface area contributed by atoms with Crippen molar-refractivity contribution in [2.45, 2.75) is 44.6 Å². The molecule has 0 saturated heterocycles. The molecule has 0 bridgehead atoms. The molecule has 80 valence electrons. The first-order valence-electron chi connectivity index (χ1n) is 5.61. The fourth-order valence-electron chi connectivity index (χ4n) is 3.43. The lowest BCUT2D eigenvalue weighted by atomic mass is 9.61. The van der Waals surface area contributed by atoms with Crippen molar-refractivity contribution >= 4 is 0 Å². The highest BCUT2D eigenvalue weighted by molar-refractivity contribution is 5.12. The summed E-state index contributed by atoms with van der Waals surface area (Å²) in [6, 6.07) is 0. The fourth-order valence-corrected chi connectivity index (χ4v) is 3.43. The predicted molar refractivity (Wildman–Crippen MR) is 55.9 cm³/mol. The molecule has 1 saturated carbocycles. The summed E-state index contributed by atoms with van der Waals surface area (Å²) in [5, 5.41) is 19.8. The molecule has 3 atom stereocenters. The van der Waals surface area contributed by atoms with Gasteiger partial charge in [0.25, 0.3) is 0 Å². The van der Waals surface area contributed by atoms with Crippen LogP contribution in [0, 0.1) is 11.3 Å². The molecule has 0 radical (unpaired) electrons. The molecule has 2 N–H and O–H groups in total. The third-order valence-corrected chi connectivity index (χ3v) is 4.43. The van der Waals surface area contributed by atoms with Crippen LogP contribution in [0.25, 0.3) is 0 Å². The zero-order valence-corrected chi connectivity index (χ0v) is 8.87. The molecule has 2 rings (SSSR count). The average molecular weight is 196 g/mol. The van der Waals surface area contributed by atoms with Crippen molar-refractivity contribution in [1.82, 2.24) is 0 Å². The maximum absolute atomic E-state index is 10.4. The fraction of sp³-hybridized carbons (Fsp3) is 0.833. The zero-order valence-electron chi connectivity index (χ0n) is 8.87. The molecule has 2 nitrogen and oxygen atoms in total. The minimum atomic E-state index is -0.578. The van der Waals surface area contributed by atoms with Crippen LogP contribution in [-0.4, -0.2) is 22.4 Å². The second-order valence-corrected chi connectivity index (χ2v) is 5.07. The molecular weight excluding hydrogens is 176 g/mol. The summed E-state index contributed by atoms with van der Waals surface area (Å²) in [7, 11) is 0. The minimum Gasteiger partial charge on any atom is -0.396 e. The van der Waals surface area contributed by atoms with Gasteiger partial charge in [-0.05, 0) is 44.9 Å².